The normalized spacial score (nSPS) is 28.6. The number of esters is 1. The fraction of sp³-hybridized carbons (Fsp3) is 0.467. The number of carbonyl (C=O) groups is 2. The van der Waals surface area contributed by atoms with Crippen molar-refractivity contribution in [1.82, 2.24) is 9.80 Å². The van der Waals surface area contributed by atoms with Crippen molar-refractivity contribution in [3.63, 3.8) is 0 Å². The van der Waals surface area contributed by atoms with Gasteiger partial charge < -0.3 is 24.4 Å². The van der Waals surface area contributed by atoms with Crippen LogP contribution in [0.3, 0.4) is 0 Å². The summed E-state index contributed by atoms with van der Waals surface area (Å²) >= 11 is 0. The summed E-state index contributed by atoms with van der Waals surface area (Å²) in [5.74, 6) is -0.0118. The molecular formula is C30H31F3N2O5. The molecule has 1 amide bonds. The Hall–Kier alpha value is -3.37. The number of nitrogens with zero attached hydrogens (tertiary/aromatic N) is 2. The summed E-state index contributed by atoms with van der Waals surface area (Å²) in [5.41, 5.74) is 1.36. The molecule has 2 aromatic rings. The van der Waals surface area contributed by atoms with Gasteiger partial charge in [0.1, 0.15) is 12.7 Å². The Bertz CT molecular complexity index is 1390. The van der Waals surface area contributed by atoms with E-state index in [1.54, 1.807) is 18.0 Å². The molecule has 0 aromatic heterocycles. The number of hydrogen-bond donors (Lipinski definition) is 1. The molecule has 212 valence electrons. The van der Waals surface area contributed by atoms with E-state index in [-0.39, 0.29) is 34.8 Å². The summed E-state index contributed by atoms with van der Waals surface area (Å²) in [6.07, 6.45) is 1.14. The number of benzene rings is 2. The maximum atomic E-state index is 13.4. The standard InChI is InChI=1S/C30H31F3N2O5/c1-34-13-12-29-20-8-9-21(35(2)24(37)11-6-17-4-3-5-19(14-17)30(31,32)33)28(29)40-27-23(39-25(38)16-36)10-7-18(26(27)29)15-22(20)34/h3-7,10-11,14,20-22,28,36H,8-9,12-13,15-16H2,1-2H3/b11-6+/t20-,21?,22+,28?,29-/m0/s1. The molecule has 2 aromatic carbocycles. The Morgan fingerprint density at radius 2 is 2.05 bits per heavy atom. The molecule has 2 aliphatic heterocycles. The number of halogens is 3. The lowest BCUT2D eigenvalue weighted by Crippen LogP contribution is -2.68. The van der Waals surface area contributed by atoms with E-state index in [4.69, 9.17) is 9.47 Å². The summed E-state index contributed by atoms with van der Waals surface area (Å²) in [6.45, 7) is 0.110. The molecule has 5 atom stereocenters. The minimum Gasteiger partial charge on any atom is -0.483 e. The van der Waals surface area contributed by atoms with Gasteiger partial charge in [0.05, 0.1) is 11.6 Å². The molecular weight excluding hydrogens is 525 g/mol. The first-order valence-electron chi connectivity index (χ1n) is 13.5. The molecule has 2 heterocycles. The molecule has 2 aliphatic carbocycles. The van der Waals surface area contributed by atoms with Gasteiger partial charge >= 0.3 is 12.1 Å². The molecule has 7 nitrogen and oxygen atoms in total. The Labute approximate surface area is 230 Å². The Morgan fingerprint density at radius 1 is 1.25 bits per heavy atom. The molecule has 2 fully saturated rings. The number of hydrogen-bond acceptors (Lipinski definition) is 6. The van der Waals surface area contributed by atoms with Crippen LogP contribution in [0.4, 0.5) is 13.2 Å². The molecule has 2 unspecified atom stereocenters. The first-order valence-corrected chi connectivity index (χ1v) is 13.5. The van der Waals surface area contributed by atoms with E-state index in [9.17, 15) is 27.9 Å². The van der Waals surface area contributed by atoms with Gasteiger partial charge in [-0.1, -0.05) is 18.2 Å². The number of carbonyl (C=O) groups excluding carboxylic acids is 2. The van der Waals surface area contributed by atoms with Crippen LogP contribution in [0.1, 0.15) is 41.5 Å². The van der Waals surface area contributed by atoms with Gasteiger partial charge in [-0.15, -0.1) is 0 Å². The second-order valence-corrected chi connectivity index (χ2v) is 11.3. The Balaban J connectivity index is 1.33. The van der Waals surface area contributed by atoms with Gasteiger partial charge in [0.15, 0.2) is 11.5 Å². The van der Waals surface area contributed by atoms with Crippen molar-refractivity contribution in [3.05, 3.63) is 64.7 Å². The summed E-state index contributed by atoms with van der Waals surface area (Å²) in [4.78, 5) is 29.4. The predicted octanol–water partition coefficient (Wildman–Crippen LogP) is 3.81. The van der Waals surface area contributed by atoms with Crippen LogP contribution < -0.4 is 9.47 Å². The van der Waals surface area contributed by atoms with Crippen molar-refractivity contribution in [2.45, 2.75) is 55.5 Å². The zero-order valence-electron chi connectivity index (χ0n) is 22.3. The van der Waals surface area contributed by atoms with Crippen LogP contribution in [-0.2, 0) is 27.6 Å². The van der Waals surface area contributed by atoms with Crippen molar-refractivity contribution in [2.24, 2.45) is 5.92 Å². The lowest BCUT2D eigenvalue weighted by molar-refractivity contribution is -0.138. The third kappa shape index (κ3) is 4.11. The van der Waals surface area contributed by atoms with Crippen molar-refractivity contribution in [3.8, 4) is 11.5 Å². The number of likely N-dealkylation sites (tertiary alicyclic amines) is 1. The smallest absolute Gasteiger partial charge is 0.416 e. The lowest BCUT2D eigenvalue weighted by Gasteiger charge is -2.59. The van der Waals surface area contributed by atoms with Gasteiger partial charge in [-0.3, -0.25) is 4.79 Å². The average Bonchev–Trinajstić information content (AvgIpc) is 3.29. The Kier molecular flexibility index (Phi) is 6.46. The summed E-state index contributed by atoms with van der Waals surface area (Å²) in [6, 6.07) is 8.58. The second kappa shape index (κ2) is 9.62. The van der Waals surface area contributed by atoms with Crippen molar-refractivity contribution < 1.29 is 37.3 Å². The number of aliphatic hydroxyl groups excluding tert-OH is 1. The van der Waals surface area contributed by atoms with Crippen LogP contribution in [0.5, 0.6) is 11.5 Å². The van der Waals surface area contributed by atoms with Gasteiger partial charge in [-0.2, -0.15) is 13.2 Å². The highest BCUT2D eigenvalue weighted by Crippen LogP contribution is 2.64. The highest BCUT2D eigenvalue weighted by atomic mass is 19.4. The molecule has 1 N–H and O–H groups in total. The van der Waals surface area contributed by atoms with Gasteiger partial charge in [0.2, 0.25) is 5.91 Å². The molecule has 0 radical (unpaired) electrons. The third-order valence-corrected chi connectivity index (χ3v) is 9.38. The first-order chi connectivity index (χ1) is 19.0. The number of likely N-dealkylation sites (N-methyl/N-ethyl adjacent to an activating group) is 2. The molecule has 2 bridgehead atoms. The van der Waals surface area contributed by atoms with E-state index in [0.29, 0.717) is 24.1 Å². The zero-order valence-corrected chi connectivity index (χ0v) is 22.3. The highest BCUT2D eigenvalue weighted by molar-refractivity contribution is 5.92. The fourth-order valence-electron chi connectivity index (χ4n) is 7.60. The predicted molar refractivity (Wildman–Crippen MR) is 140 cm³/mol. The molecule has 40 heavy (non-hydrogen) atoms. The van der Waals surface area contributed by atoms with Crippen molar-refractivity contribution in [2.75, 3.05) is 27.2 Å². The lowest BCUT2D eigenvalue weighted by atomic mass is 9.51. The summed E-state index contributed by atoms with van der Waals surface area (Å²) < 4.78 is 51.5. The van der Waals surface area contributed by atoms with Crippen molar-refractivity contribution >= 4 is 18.0 Å². The molecule has 10 heteroatoms. The van der Waals surface area contributed by atoms with Crippen LogP contribution in [-0.4, -0.2) is 72.2 Å². The third-order valence-electron chi connectivity index (χ3n) is 9.38. The molecule has 1 saturated carbocycles. The summed E-state index contributed by atoms with van der Waals surface area (Å²) in [7, 11) is 3.85. The molecule has 4 aliphatic rings. The number of alkyl halides is 3. The van der Waals surface area contributed by atoms with E-state index in [0.717, 1.165) is 49.1 Å². The number of ether oxygens (including phenoxy) is 2. The number of amides is 1. The molecule has 1 spiro atoms. The fourth-order valence-corrected chi connectivity index (χ4v) is 7.60. The van der Waals surface area contributed by atoms with Gasteiger partial charge in [0, 0.05) is 30.1 Å². The molecule has 6 rings (SSSR count). The quantitative estimate of drug-likeness (QED) is 0.343. The van der Waals surface area contributed by atoms with Gasteiger partial charge in [-0.25, -0.2) is 4.79 Å². The van der Waals surface area contributed by atoms with E-state index < -0.39 is 24.3 Å². The highest BCUT2D eigenvalue weighted by Gasteiger charge is 2.66. The number of rotatable bonds is 5. The van der Waals surface area contributed by atoms with E-state index in [2.05, 4.69) is 11.9 Å². The van der Waals surface area contributed by atoms with E-state index in [1.807, 2.05) is 6.07 Å². The monoisotopic (exact) mass is 556 g/mol. The van der Waals surface area contributed by atoms with E-state index >= 15 is 0 Å². The Morgan fingerprint density at radius 3 is 2.80 bits per heavy atom. The zero-order chi connectivity index (χ0) is 28.4. The average molecular weight is 557 g/mol. The van der Waals surface area contributed by atoms with Crippen molar-refractivity contribution in [1.29, 1.82) is 0 Å². The number of aliphatic hydroxyl groups is 1. The minimum absolute atomic E-state index is 0.273. The van der Waals surface area contributed by atoms with Gasteiger partial charge in [-0.05, 0) is 80.6 Å². The maximum Gasteiger partial charge on any atom is 0.416 e. The number of piperidine rings is 1. The van der Waals surface area contributed by atoms with Crippen LogP contribution in [0.2, 0.25) is 0 Å². The first kappa shape index (κ1) is 26.8. The van der Waals surface area contributed by atoms with Crippen LogP contribution in [0.15, 0.2) is 42.5 Å². The maximum absolute atomic E-state index is 13.4. The molecule has 1 saturated heterocycles. The SMILES string of the molecule is CN(C(=O)/C=C/c1cccc(C(F)(F)F)c1)C1CC[C@H]2[C@H]3Cc4ccc(OC(=O)CO)c5c4[C@@]2(CCN3C)C1O5. The second-order valence-electron chi connectivity index (χ2n) is 11.3. The van der Waals surface area contributed by atoms with Gasteiger partial charge in [0.25, 0.3) is 0 Å². The summed E-state index contributed by atoms with van der Waals surface area (Å²) in [5, 5.41) is 9.27. The van der Waals surface area contributed by atoms with Crippen LogP contribution >= 0.6 is 0 Å². The van der Waals surface area contributed by atoms with Crippen LogP contribution in [0.25, 0.3) is 6.08 Å². The largest absolute Gasteiger partial charge is 0.483 e. The van der Waals surface area contributed by atoms with E-state index in [1.165, 1.54) is 24.3 Å². The minimum atomic E-state index is -4.47. The van der Waals surface area contributed by atoms with Crippen LogP contribution in [0, 0.1) is 5.92 Å². The topological polar surface area (TPSA) is 79.3 Å².